The summed E-state index contributed by atoms with van der Waals surface area (Å²) in [7, 11) is -3.17. The summed E-state index contributed by atoms with van der Waals surface area (Å²) in [5.74, 6) is -1.86. The fourth-order valence-electron chi connectivity index (χ4n) is 2.25. The number of nitro benzene ring substituents is 1. The van der Waals surface area contributed by atoms with Crippen molar-refractivity contribution in [3.8, 4) is 0 Å². The zero-order valence-electron chi connectivity index (χ0n) is 11.2. The average molecular weight is 316 g/mol. The molecule has 0 radical (unpaired) electrons. The summed E-state index contributed by atoms with van der Waals surface area (Å²) in [6.07, 6.45) is 0. The Kier molecular flexibility index (Phi) is 3.95. The lowest BCUT2D eigenvalue weighted by Crippen LogP contribution is -2.49. The summed E-state index contributed by atoms with van der Waals surface area (Å²) in [6, 6.07) is 2.35. The topological polar surface area (TPSA) is 97.6 Å². The predicted octanol–water partition coefficient (Wildman–Crippen LogP) is 0.993. The number of amides is 1. The Balaban J connectivity index is 2.29. The second-order valence-corrected chi connectivity index (χ2v) is 7.11. The molecule has 2 rings (SSSR count). The van der Waals surface area contributed by atoms with Gasteiger partial charge in [0.1, 0.15) is 0 Å². The second kappa shape index (κ2) is 5.40. The molecule has 1 saturated heterocycles. The van der Waals surface area contributed by atoms with Crippen LogP contribution >= 0.6 is 0 Å². The van der Waals surface area contributed by atoms with E-state index in [9.17, 15) is 27.7 Å². The normalized spacial score (nSPS) is 21.0. The molecular weight excluding hydrogens is 303 g/mol. The van der Waals surface area contributed by atoms with Crippen LogP contribution in [0.3, 0.4) is 0 Å². The molecule has 21 heavy (non-hydrogen) atoms. The summed E-state index contributed by atoms with van der Waals surface area (Å²) in [5, 5.41) is 10.7. The summed E-state index contributed by atoms with van der Waals surface area (Å²) in [5.41, 5.74) is -0.813. The summed E-state index contributed by atoms with van der Waals surface area (Å²) in [6.45, 7) is 1.61. The van der Waals surface area contributed by atoms with Gasteiger partial charge in [-0.05, 0) is 19.1 Å². The Hall–Kier alpha value is -2.03. The van der Waals surface area contributed by atoms with Gasteiger partial charge < -0.3 is 4.90 Å². The van der Waals surface area contributed by atoms with Gasteiger partial charge in [-0.2, -0.15) is 4.39 Å². The zero-order valence-corrected chi connectivity index (χ0v) is 12.0. The Labute approximate surface area is 120 Å². The lowest BCUT2D eigenvalue weighted by atomic mass is 10.1. The molecule has 1 aromatic rings. The highest BCUT2D eigenvalue weighted by atomic mass is 32.2. The van der Waals surface area contributed by atoms with Crippen molar-refractivity contribution in [2.45, 2.75) is 13.0 Å². The summed E-state index contributed by atoms with van der Waals surface area (Å²) >= 11 is 0. The maximum Gasteiger partial charge on any atom is 0.305 e. The largest absolute Gasteiger partial charge is 0.334 e. The first kappa shape index (κ1) is 15.4. The van der Waals surface area contributed by atoms with E-state index in [1.807, 2.05) is 0 Å². The van der Waals surface area contributed by atoms with Gasteiger partial charge in [-0.25, -0.2) is 8.42 Å². The highest BCUT2D eigenvalue weighted by molar-refractivity contribution is 7.91. The van der Waals surface area contributed by atoms with Gasteiger partial charge in [0.15, 0.2) is 9.84 Å². The third kappa shape index (κ3) is 3.18. The van der Waals surface area contributed by atoms with E-state index in [1.54, 1.807) is 6.92 Å². The molecule has 1 amide bonds. The molecule has 0 aliphatic carbocycles. The minimum atomic E-state index is -3.17. The summed E-state index contributed by atoms with van der Waals surface area (Å²) in [4.78, 5) is 23.4. The van der Waals surface area contributed by atoms with Crippen molar-refractivity contribution in [2.75, 3.05) is 18.1 Å². The van der Waals surface area contributed by atoms with Gasteiger partial charge in [0.25, 0.3) is 5.91 Å². The molecule has 1 unspecified atom stereocenters. The lowest BCUT2D eigenvalue weighted by molar-refractivity contribution is -0.387. The molecule has 9 heteroatoms. The molecular formula is C12H13FN2O5S. The van der Waals surface area contributed by atoms with E-state index in [-0.39, 0.29) is 23.6 Å². The van der Waals surface area contributed by atoms with Crippen molar-refractivity contribution in [1.29, 1.82) is 0 Å². The van der Waals surface area contributed by atoms with Crippen LogP contribution in [-0.4, -0.2) is 48.2 Å². The first-order valence-electron chi connectivity index (χ1n) is 6.16. The van der Waals surface area contributed by atoms with E-state index in [2.05, 4.69) is 0 Å². The standard InChI is InChI=1S/C12H13FN2O5S/c1-8-7-21(19,20)5-4-14(8)12(16)9-2-3-10(13)11(6-9)15(17)18/h2-3,6,8H,4-5,7H2,1H3. The number of hydrogen-bond donors (Lipinski definition) is 0. The van der Waals surface area contributed by atoms with E-state index < -0.39 is 38.2 Å². The quantitative estimate of drug-likeness (QED) is 0.598. The maximum absolute atomic E-state index is 13.3. The van der Waals surface area contributed by atoms with Gasteiger partial charge in [-0.1, -0.05) is 0 Å². The molecule has 0 saturated carbocycles. The third-order valence-corrected chi connectivity index (χ3v) is 5.12. The number of nitrogens with zero attached hydrogens (tertiary/aromatic N) is 2. The highest BCUT2D eigenvalue weighted by Gasteiger charge is 2.32. The van der Waals surface area contributed by atoms with Crippen molar-refractivity contribution in [3.05, 3.63) is 39.7 Å². The molecule has 1 aliphatic heterocycles. The number of nitro groups is 1. The highest BCUT2D eigenvalue weighted by Crippen LogP contribution is 2.21. The van der Waals surface area contributed by atoms with Crippen molar-refractivity contribution in [3.63, 3.8) is 0 Å². The van der Waals surface area contributed by atoms with Gasteiger partial charge in [0, 0.05) is 24.2 Å². The van der Waals surface area contributed by atoms with Crippen LogP contribution in [0.1, 0.15) is 17.3 Å². The van der Waals surface area contributed by atoms with Crippen LogP contribution in [-0.2, 0) is 9.84 Å². The fourth-order valence-corrected chi connectivity index (χ4v) is 3.81. The Morgan fingerprint density at radius 1 is 1.48 bits per heavy atom. The molecule has 1 aliphatic rings. The van der Waals surface area contributed by atoms with Gasteiger partial charge in [0.2, 0.25) is 5.82 Å². The molecule has 0 N–H and O–H groups in total. The SMILES string of the molecule is CC1CS(=O)(=O)CCN1C(=O)c1ccc(F)c([N+](=O)[O-])c1. The smallest absolute Gasteiger partial charge is 0.305 e. The number of halogens is 1. The Morgan fingerprint density at radius 2 is 2.14 bits per heavy atom. The van der Waals surface area contributed by atoms with Gasteiger partial charge in [-0.3, -0.25) is 14.9 Å². The number of benzene rings is 1. The van der Waals surface area contributed by atoms with E-state index in [0.717, 1.165) is 18.2 Å². The number of hydrogen-bond acceptors (Lipinski definition) is 5. The van der Waals surface area contributed by atoms with Crippen molar-refractivity contribution < 1.29 is 22.5 Å². The second-order valence-electron chi connectivity index (χ2n) is 4.89. The van der Waals surface area contributed by atoms with Crippen LogP contribution in [0.25, 0.3) is 0 Å². The maximum atomic E-state index is 13.3. The predicted molar refractivity (Wildman–Crippen MR) is 72.2 cm³/mol. The van der Waals surface area contributed by atoms with Gasteiger partial charge >= 0.3 is 5.69 Å². The van der Waals surface area contributed by atoms with Crippen LogP contribution in [0.15, 0.2) is 18.2 Å². The first-order valence-corrected chi connectivity index (χ1v) is 7.99. The number of carbonyl (C=O) groups is 1. The minimum absolute atomic E-state index is 0.0213. The van der Waals surface area contributed by atoms with Crippen LogP contribution in [0.5, 0.6) is 0 Å². The number of carbonyl (C=O) groups excluding carboxylic acids is 1. The average Bonchev–Trinajstić information content (AvgIpc) is 2.37. The molecule has 7 nitrogen and oxygen atoms in total. The van der Waals surface area contributed by atoms with Crippen LogP contribution in [0.2, 0.25) is 0 Å². The third-order valence-electron chi connectivity index (χ3n) is 3.32. The fraction of sp³-hybridized carbons (Fsp3) is 0.417. The summed E-state index contributed by atoms with van der Waals surface area (Å²) < 4.78 is 36.2. The van der Waals surface area contributed by atoms with Crippen LogP contribution < -0.4 is 0 Å². The molecule has 0 aromatic heterocycles. The monoisotopic (exact) mass is 316 g/mol. The van der Waals surface area contributed by atoms with Crippen LogP contribution in [0, 0.1) is 15.9 Å². The van der Waals surface area contributed by atoms with E-state index in [1.165, 1.54) is 4.90 Å². The van der Waals surface area contributed by atoms with Crippen molar-refractivity contribution in [2.24, 2.45) is 0 Å². The molecule has 1 fully saturated rings. The van der Waals surface area contributed by atoms with E-state index in [4.69, 9.17) is 0 Å². The van der Waals surface area contributed by atoms with E-state index >= 15 is 0 Å². The molecule has 1 atom stereocenters. The zero-order chi connectivity index (χ0) is 15.8. The number of sulfone groups is 1. The molecule has 0 bridgehead atoms. The minimum Gasteiger partial charge on any atom is -0.334 e. The molecule has 114 valence electrons. The van der Waals surface area contributed by atoms with Gasteiger partial charge in [0.05, 0.1) is 16.4 Å². The molecule has 0 spiro atoms. The Morgan fingerprint density at radius 3 is 2.71 bits per heavy atom. The van der Waals surface area contributed by atoms with Crippen molar-refractivity contribution >= 4 is 21.4 Å². The lowest BCUT2D eigenvalue weighted by Gasteiger charge is -2.33. The molecule has 1 heterocycles. The van der Waals surface area contributed by atoms with Crippen molar-refractivity contribution in [1.82, 2.24) is 4.90 Å². The molecule has 1 aromatic carbocycles. The van der Waals surface area contributed by atoms with E-state index in [0.29, 0.717) is 0 Å². The first-order chi connectivity index (χ1) is 9.71. The van der Waals surface area contributed by atoms with Crippen LogP contribution in [0.4, 0.5) is 10.1 Å². The Bertz CT molecular complexity index is 704. The van der Waals surface area contributed by atoms with Gasteiger partial charge in [-0.15, -0.1) is 0 Å². The number of rotatable bonds is 2.